The Morgan fingerprint density at radius 3 is 2.12 bits per heavy atom. The molecule has 0 aromatic heterocycles. The van der Waals surface area contributed by atoms with Crippen LogP contribution >= 0.6 is 0 Å². The Bertz CT molecular complexity index is 330. The minimum atomic E-state index is 0.249. The fraction of sp³-hybridized carbons (Fsp3) is 0.600. The van der Waals surface area contributed by atoms with Gasteiger partial charge in [0.2, 0.25) is 0 Å². The fourth-order valence-electron chi connectivity index (χ4n) is 2.97. The lowest BCUT2D eigenvalue weighted by molar-refractivity contribution is 0.308. The van der Waals surface area contributed by atoms with Gasteiger partial charge in [-0.05, 0) is 38.2 Å². The van der Waals surface area contributed by atoms with Gasteiger partial charge in [-0.15, -0.1) is 0 Å². The molecule has 1 atom stereocenters. The molecule has 1 saturated carbocycles. The first-order valence-corrected chi connectivity index (χ1v) is 6.50. The van der Waals surface area contributed by atoms with Crippen molar-refractivity contribution in [1.82, 2.24) is 0 Å². The van der Waals surface area contributed by atoms with Gasteiger partial charge in [0.05, 0.1) is 0 Å². The lowest BCUT2D eigenvalue weighted by Crippen LogP contribution is -2.23. The lowest BCUT2D eigenvalue weighted by Gasteiger charge is -2.28. The van der Waals surface area contributed by atoms with E-state index in [9.17, 15) is 0 Å². The molecule has 0 saturated heterocycles. The SMILES string of the molecule is Cc1cc(C)cc(C(N)C2CCCCC2)c1. The Morgan fingerprint density at radius 2 is 1.56 bits per heavy atom. The molecular weight excluding hydrogens is 194 g/mol. The highest BCUT2D eigenvalue weighted by molar-refractivity contribution is 5.30. The Morgan fingerprint density at radius 1 is 1.00 bits per heavy atom. The first-order valence-electron chi connectivity index (χ1n) is 6.50. The van der Waals surface area contributed by atoms with Gasteiger partial charge in [-0.1, -0.05) is 48.6 Å². The molecule has 1 fully saturated rings. The Labute approximate surface area is 99.0 Å². The average molecular weight is 217 g/mol. The predicted octanol–water partition coefficient (Wildman–Crippen LogP) is 3.88. The van der Waals surface area contributed by atoms with Gasteiger partial charge in [0, 0.05) is 6.04 Å². The van der Waals surface area contributed by atoms with Gasteiger partial charge < -0.3 is 5.73 Å². The number of benzene rings is 1. The third kappa shape index (κ3) is 2.65. The molecule has 1 aliphatic rings. The first-order chi connectivity index (χ1) is 7.66. The van der Waals surface area contributed by atoms with Gasteiger partial charge >= 0.3 is 0 Å². The molecule has 2 rings (SSSR count). The topological polar surface area (TPSA) is 26.0 Å². The number of aryl methyl sites for hydroxylation is 2. The summed E-state index contributed by atoms with van der Waals surface area (Å²) in [5.74, 6) is 0.704. The van der Waals surface area contributed by atoms with E-state index in [-0.39, 0.29) is 6.04 Å². The summed E-state index contributed by atoms with van der Waals surface area (Å²) in [6.45, 7) is 4.31. The van der Waals surface area contributed by atoms with Crippen LogP contribution in [0, 0.1) is 19.8 Å². The monoisotopic (exact) mass is 217 g/mol. The molecule has 0 radical (unpaired) electrons. The molecule has 0 bridgehead atoms. The first kappa shape index (κ1) is 11.7. The van der Waals surface area contributed by atoms with Crippen molar-refractivity contribution in [3.63, 3.8) is 0 Å². The molecule has 88 valence electrons. The van der Waals surface area contributed by atoms with E-state index in [2.05, 4.69) is 32.0 Å². The molecule has 1 unspecified atom stereocenters. The molecular formula is C15H23N. The molecule has 0 spiro atoms. The van der Waals surface area contributed by atoms with Gasteiger partial charge in [-0.2, -0.15) is 0 Å². The van der Waals surface area contributed by atoms with E-state index in [4.69, 9.17) is 5.73 Å². The Hall–Kier alpha value is -0.820. The van der Waals surface area contributed by atoms with E-state index in [1.54, 1.807) is 0 Å². The van der Waals surface area contributed by atoms with Gasteiger partial charge in [0.1, 0.15) is 0 Å². The molecule has 0 heterocycles. The van der Waals surface area contributed by atoms with Crippen molar-refractivity contribution in [3.8, 4) is 0 Å². The van der Waals surface area contributed by atoms with Crippen molar-refractivity contribution < 1.29 is 0 Å². The van der Waals surface area contributed by atoms with Crippen molar-refractivity contribution in [2.75, 3.05) is 0 Å². The summed E-state index contributed by atoms with van der Waals surface area (Å²) in [5.41, 5.74) is 10.4. The van der Waals surface area contributed by atoms with Crippen LogP contribution in [0.1, 0.15) is 54.8 Å². The Kier molecular flexibility index (Phi) is 3.65. The number of hydrogen-bond donors (Lipinski definition) is 1. The van der Waals surface area contributed by atoms with Crippen LogP contribution in [-0.4, -0.2) is 0 Å². The van der Waals surface area contributed by atoms with Crippen LogP contribution in [0.5, 0.6) is 0 Å². The highest BCUT2D eigenvalue weighted by Gasteiger charge is 2.21. The van der Waals surface area contributed by atoms with Crippen molar-refractivity contribution in [2.45, 2.75) is 52.0 Å². The van der Waals surface area contributed by atoms with E-state index < -0.39 is 0 Å². The largest absolute Gasteiger partial charge is 0.324 e. The second kappa shape index (κ2) is 5.01. The summed E-state index contributed by atoms with van der Waals surface area (Å²) in [6.07, 6.45) is 6.75. The van der Waals surface area contributed by atoms with E-state index in [0.29, 0.717) is 5.92 Å². The van der Waals surface area contributed by atoms with Gasteiger partial charge in [0.15, 0.2) is 0 Å². The van der Waals surface area contributed by atoms with E-state index in [0.717, 1.165) is 0 Å². The minimum Gasteiger partial charge on any atom is -0.324 e. The maximum absolute atomic E-state index is 6.41. The van der Waals surface area contributed by atoms with Crippen LogP contribution < -0.4 is 5.73 Å². The third-order valence-corrected chi connectivity index (χ3v) is 3.79. The standard InChI is InChI=1S/C15H23N/c1-11-8-12(2)10-14(9-11)15(16)13-6-4-3-5-7-13/h8-10,13,15H,3-7,16H2,1-2H3. The summed E-state index contributed by atoms with van der Waals surface area (Å²) in [6, 6.07) is 6.98. The lowest BCUT2D eigenvalue weighted by atomic mass is 9.81. The minimum absolute atomic E-state index is 0.249. The van der Waals surface area contributed by atoms with E-state index in [1.807, 2.05) is 0 Å². The van der Waals surface area contributed by atoms with Gasteiger partial charge in [-0.3, -0.25) is 0 Å². The maximum atomic E-state index is 6.41. The summed E-state index contributed by atoms with van der Waals surface area (Å²) < 4.78 is 0. The molecule has 1 nitrogen and oxygen atoms in total. The molecule has 1 aromatic carbocycles. The van der Waals surface area contributed by atoms with Crippen molar-refractivity contribution in [1.29, 1.82) is 0 Å². The zero-order valence-corrected chi connectivity index (χ0v) is 10.5. The van der Waals surface area contributed by atoms with E-state index in [1.165, 1.54) is 48.8 Å². The fourth-order valence-corrected chi connectivity index (χ4v) is 2.97. The number of rotatable bonds is 2. The second-order valence-corrected chi connectivity index (χ2v) is 5.34. The summed E-state index contributed by atoms with van der Waals surface area (Å²) in [5, 5.41) is 0. The Balaban J connectivity index is 2.15. The smallest absolute Gasteiger partial charge is 0.0323 e. The van der Waals surface area contributed by atoms with Crippen LogP contribution in [0.4, 0.5) is 0 Å². The maximum Gasteiger partial charge on any atom is 0.0323 e. The van der Waals surface area contributed by atoms with Crippen molar-refractivity contribution >= 4 is 0 Å². The van der Waals surface area contributed by atoms with Gasteiger partial charge in [0.25, 0.3) is 0 Å². The summed E-state index contributed by atoms with van der Waals surface area (Å²) in [4.78, 5) is 0. The molecule has 1 aromatic rings. The molecule has 16 heavy (non-hydrogen) atoms. The summed E-state index contributed by atoms with van der Waals surface area (Å²) >= 11 is 0. The zero-order valence-electron chi connectivity index (χ0n) is 10.5. The number of hydrogen-bond acceptors (Lipinski definition) is 1. The quantitative estimate of drug-likeness (QED) is 0.799. The molecule has 1 heteroatoms. The molecule has 2 N–H and O–H groups in total. The summed E-state index contributed by atoms with van der Waals surface area (Å²) in [7, 11) is 0. The van der Waals surface area contributed by atoms with Crippen LogP contribution in [0.3, 0.4) is 0 Å². The van der Waals surface area contributed by atoms with Crippen molar-refractivity contribution in [2.24, 2.45) is 11.7 Å². The second-order valence-electron chi connectivity index (χ2n) is 5.34. The van der Waals surface area contributed by atoms with E-state index >= 15 is 0 Å². The average Bonchev–Trinajstić information content (AvgIpc) is 2.28. The third-order valence-electron chi connectivity index (χ3n) is 3.79. The normalized spacial score (nSPS) is 19.7. The van der Waals surface area contributed by atoms with Crippen LogP contribution in [-0.2, 0) is 0 Å². The van der Waals surface area contributed by atoms with Crippen LogP contribution in [0.25, 0.3) is 0 Å². The van der Waals surface area contributed by atoms with Gasteiger partial charge in [-0.25, -0.2) is 0 Å². The van der Waals surface area contributed by atoms with Crippen molar-refractivity contribution in [3.05, 3.63) is 34.9 Å². The highest BCUT2D eigenvalue weighted by Crippen LogP contribution is 2.33. The highest BCUT2D eigenvalue weighted by atomic mass is 14.7. The molecule has 1 aliphatic carbocycles. The molecule has 0 amide bonds. The van der Waals surface area contributed by atoms with Crippen LogP contribution in [0.2, 0.25) is 0 Å². The van der Waals surface area contributed by atoms with Crippen LogP contribution in [0.15, 0.2) is 18.2 Å². The predicted molar refractivity (Wildman–Crippen MR) is 69.4 cm³/mol. The number of nitrogens with two attached hydrogens (primary N) is 1. The molecule has 0 aliphatic heterocycles. The zero-order chi connectivity index (χ0) is 11.5.